The molecule has 0 saturated carbocycles. The van der Waals surface area contributed by atoms with Gasteiger partial charge < -0.3 is 5.73 Å². The fourth-order valence-corrected chi connectivity index (χ4v) is 1.15. The maximum Gasteiger partial charge on any atom is 0.328 e. The van der Waals surface area contributed by atoms with Gasteiger partial charge in [-0.2, -0.15) is 0 Å². The number of hydrogen-bond donors (Lipinski definition) is 2. The molecule has 1 heterocycles. The normalized spacial score (nSPS) is 11.7. The van der Waals surface area contributed by atoms with E-state index in [0.717, 1.165) is 0 Å². The van der Waals surface area contributed by atoms with Crippen molar-refractivity contribution in [2.24, 2.45) is 5.73 Å². The quantitative estimate of drug-likeness (QED) is 0.651. The molecule has 0 spiro atoms. The summed E-state index contributed by atoms with van der Waals surface area (Å²) in [5.41, 5.74) is 4.63. The number of nitrogens with one attached hydrogen (secondary N) is 1. The zero-order chi connectivity index (χ0) is 10.9. The van der Waals surface area contributed by atoms with Crippen LogP contribution in [-0.4, -0.2) is 9.55 Å². The first-order valence-corrected chi connectivity index (χ1v) is 4.41. The highest BCUT2D eigenvalue weighted by molar-refractivity contribution is 5.05. The van der Waals surface area contributed by atoms with E-state index < -0.39 is 11.2 Å². The van der Waals surface area contributed by atoms with Crippen molar-refractivity contribution in [3.63, 3.8) is 0 Å². The van der Waals surface area contributed by atoms with Crippen LogP contribution in [0.25, 0.3) is 0 Å². The van der Waals surface area contributed by atoms with Gasteiger partial charge >= 0.3 is 5.69 Å². The van der Waals surface area contributed by atoms with Crippen LogP contribution in [0, 0.1) is 0 Å². The van der Waals surface area contributed by atoms with Crippen molar-refractivity contribution in [2.75, 3.05) is 0 Å². The van der Waals surface area contributed by atoms with E-state index >= 15 is 0 Å². The smallest absolute Gasteiger partial charge is 0.326 e. The fourth-order valence-electron chi connectivity index (χ4n) is 1.15. The molecule has 3 N–H and O–H groups in total. The number of nitrogens with two attached hydrogens (primary N) is 1. The highest BCUT2D eigenvalue weighted by atomic mass is 16.2. The average Bonchev–Trinajstić information content (AvgIpc) is 2.02. The SMILES string of the molecule is CC(C)(C)n1cc(CN)c(=O)[nH]c1=O. The molecule has 0 unspecified atom stereocenters. The number of hydrogen-bond acceptors (Lipinski definition) is 3. The molecule has 0 aromatic carbocycles. The summed E-state index contributed by atoms with van der Waals surface area (Å²) in [7, 11) is 0. The first-order chi connectivity index (χ1) is 6.36. The Morgan fingerprint density at radius 1 is 1.43 bits per heavy atom. The number of nitrogens with zero attached hydrogens (tertiary/aromatic N) is 1. The highest BCUT2D eigenvalue weighted by Crippen LogP contribution is 2.09. The van der Waals surface area contributed by atoms with E-state index in [4.69, 9.17) is 5.73 Å². The van der Waals surface area contributed by atoms with Gasteiger partial charge in [-0.1, -0.05) is 0 Å². The predicted molar refractivity (Wildman–Crippen MR) is 54.2 cm³/mol. The Morgan fingerprint density at radius 2 is 2.00 bits per heavy atom. The second kappa shape index (κ2) is 3.42. The van der Waals surface area contributed by atoms with Crippen LogP contribution >= 0.6 is 0 Å². The molecule has 1 rings (SSSR count). The van der Waals surface area contributed by atoms with E-state index in [-0.39, 0.29) is 12.1 Å². The summed E-state index contributed by atoms with van der Waals surface area (Å²) >= 11 is 0. The van der Waals surface area contributed by atoms with Crippen molar-refractivity contribution < 1.29 is 0 Å². The molecular formula is C9H15N3O2. The molecule has 0 aliphatic carbocycles. The molecule has 78 valence electrons. The number of aromatic amines is 1. The van der Waals surface area contributed by atoms with Crippen molar-refractivity contribution >= 4 is 0 Å². The Morgan fingerprint density at radius 3 is 2.43 bits per heavy atom. The third kappa shape index (κ3) is 1.93. The van der Waals surface area contributed by atoms with E-state index in [2.05, 4.69) is 4.98 Å². The van der Waals surface area contributed by atoms with Crippen molar-refractivity contribution in [1.82, 2.24) is 9.55 Å². The lowest BCUT2D eigenvalue weighted by Crippen LogP contribution is -2.40. The summed E-state index contributed by atoms with van der Waals surface area (Å²) in [5, 5.41) is 0. The average molecular weight is 197 g/mol. The first kappa shape index (κ1) is 10.7. The van der Waals surface area contributed by atoms with Gasteiger partial charge in [-0.15, -0.1) is 0 Å². The molecule has 5 heteroatoms. The second-order valence-corrected chi connectivity index (χ2v) is 4.16. The van der Waals surface area contributed by atoms with Gasteiger partial charge in [-0.25, -0.2) is 4.79 Å². The molecular weight excluding hydrogens is 182 g/mol. The van der Waals surface area contributed by atoms with Crippen LogP contribution in [-0.2, 0) is 12.1 Å². The minimum atomic E-state index is -0.405. The van der Waals surface area contributed by atoms with Crippen LogP contribution in [0.15, 0.2) is 15.8 Å². The topological polar surface area (TPSA) is 80.9 Å². The van der Waals surface area contributed by atoms with Crippen molar-refractivity contribution in [2.45, 2.75) is 32.9 Å². The molecule has 0 bridgehead atoms. The van der Waals surface area contributed by atoms with E-state index in [1.807, 2.05) is 20.8 Å². The minimum Gasteiger partial charge on any atom is -0.326 e. The third-order valence-electron chi connectivity index (χ3n) is 1.96. The van der Waals surface area contributed by atoms with Crippen LogP contribution in [0.5, 0.6) is 0 Å². The van der Waals surface area contributed by atoms with Crippen molar-refractivity contribution in [3.05, 3.63) is 32.6 Å². The number of H-pyrrole nitrogens is 1. The lowest BCUT2D eigenvalue weighted by molar-refractivity contribution is 0.374. The minimum absolute atomic E-state index is 0.131. The molecule has 14 heavy (non-hydrogen) atoms. The summed E-state index contributed by atoms with van der Waals surface area (Å²) in [6, 6.07) is 0. The monoisotopic (exact) mass is 197 g/mol. The molecule has 0 radical (unpaired) electrons. The molecule has 0 amide bonds. The van der Waals surface area contributed by atoms with Crippen LogP contribution in [0.4, 0.5) is 0 Å². The predicted octanol–water partition coefficient (Wildman–Crippen LogP) is -0.250. The maximum absolute atomic E-state index is 11.4. The van der Waals surface area contributed by atoms with Crippen LogP contribution in [0.3, 0.4) is 0 Å². The molecule has 0 atom stereocenters. The summed E-state index contributed by atoms with van der Waals surface area (Å²) in [6.45, 7) is 5.78. The van der Waals surface area contributed by atoms with Crippen LogP contribution in [0.1, 0.15) is 26.3 Å². The molecule has 0 saturated heterocycles. The van der Waals surface area contributed by atoms with Crippen molar-refractivity contribution in [1.29, 1.82) is 0 Å². The zero-order valence-corrected chi connectivity index (χ0v) is 8.63. The van der Waals surface area contributed by atoms with Gasteiger partial charge in [0.1, 0.15) is 0 Å². The van der Waals surface area contributed by atoms with Gasteiger partial charge in [0, 0.05) is 23.8 Å². The fraction of sp³-hybridized carbons (Fsp3) is 0.556. The lowest BCUT2D eigenvalue weighted by Gasteiger charge is -2.21. The Labute approximate surface area is 81.6 Å². The van der Waals surface area contributed by atoms with Gasteiger partial charge in [0.15, 0.2) is 0 Å². The summed E-state index contributed by atoms with van der Waals surface area (Å²) in [6.07, 6.45) is 1.52. The van der Waals surface area contributed by atoms with E-state index in [1.165, 1.54) is 10.8 Å². The Kier molecular flexibility index (Phi) is 2.62. The van der Waals surface area contributed by atoms with Crippen molar-refractivity contribution in [3.8, 4) is 0 Å². The van der Waals surface area contributed by atoms with E-state index in [1.54, 1.807) is 0 Å². The zero-order valence-electron chi connectivity index (χ0n) is 8.63. The Bertz CT molecular complexity index is 437. The van der Waals surface area contributed by atoms with Gasteiger partial charge in [0.05, 0.1) is 0 Å². The third-order valence-corrected chi connectivity index (χ3v) is 1.96. The van der Waals surface area contributed by atoms with E-state index in [0.29, 0.717) is 5.56 Å². The molecule has 5 nitrogen and oxygen atoms in total. The van der Waals surface area contributed by atoms with Gasteiger partial charge in [-0.05, 0) is 20.8 Å². The summed E-state index contributed by atoms with van der Waals surface area (Å²) in [5.74, 6) is 0. The molecule has 0 fully saturated rings. The molecule has 1 aromatic rings. The Hall–Kier alpha value is -1.36. The Balaban J connectivity index is 3.48. The summed E-state index contributed by atoms with van der Waals surface area (Å²) in [4.78, 5) is 24.9. The van der Waals surface area contributed by atoms with Crippen LogP contribution in [0.2, 0.25) is 0 Å². The van der Waals surface area contributed by atoms with Gasteiger partial charge in [0.25, 0.3) is 5.56 Å². The first-order valence-electron chi connectivity index (χ1n) is 4.41. The molecule has 1 aromatic heterocycles. The second-order valence-electron chi connectivity index (χ2n) is 4.16. The van der Waals surface area contributed by atoms with E-state index in [9.17, 15) is 9.59 Å². The standard InChI is InChI=1S/C9H15N3O2/c1-9(2,3)12-5-6(4-10)7(13)11-8(12)14/h5H,4,10H2,1-3H3,(H,11,13,14). The lowest BCUT2D eigenvalue weighted by atomic mass is 10.1. The molecule has 0 aliphatic heterocycles. The van der Waals surface area contributed by atoms with Gasteiger partial charge in [-0.3, -0.25) is 14.3 Å². The maximum atomic E-state index is 11.4. The largest absolute Gasteiger partial charge is 0.328 e. The highest BCUT2D eigenvalue weighted by Gasteiger charge is 2.15. The van der Waals surface area contributed by atoms with Crippen LogP contribution < -0.4 is 17.0 Å². The number of rotatable bonds is 1. The number of aromatic nitrogens is 2. The summed E-state index contributed by atoms with van der Waals surface area (Å²) < 4.78 is 1.47. The van der Waals surface area contributed by atoms with Gasteiger partial charge in [0.2, 0.25) is 0 Å². The molecule has 0 aliphatic rings.